The molecule has 2 aromatic carbocycles. The predicted molar refractivity (Wildman–Crippen MR) is 124 cm³/mol. The van der Waals surface area contributed by atoms with Gasteiger partial charge in [0.05, 0.1) is 23.9 Å². The van der Waals surface area contributed by atoms with E-state index in [1.54, 1.807) is 12.1 Å². The smallest absolute Gasteiger partial charge is 0.268 e. The van der Waals surface area contributed by atoms with Crippen LogP contribution in [0.15, 0.2) is 77.9 Å². The maximum absolute atomic E-state index is 13.2. The Hall–Kier alpha value is -3.62. The lowest BCUT2D eigenvalue weighted by molar-refractivity contribution is 0.310. The summed E-state index contributed by atoms with van der Waals surface area (Å²) in [6.07, 6.45) is 3.84. The van der Waals surface area contributed by atoms with Crippen LogP contribution >= 0.6 is 11.3 Å². The van der Waals surface area contributed by atoms with Crippen LogP contribution in [0.4, 0.5) is 4.39 Å². The summed E-state index contributed by atoms with van der Waals surface area (Å²) in [5, 5.41) is 4.43. The summed E-state index contributed by atoms with van der Waals surface area (Å²) in [7, 11) is 1.97. The van der Waals surface area contributed by atoms with Gasteiger partial charge >= 0.3 is 0 Å². The second-order valence-corrected chi connectivity index (χ2v) is 8.70. The third kappa shape index (κ3) is 4.23. The fourth-order valence-corrected chi connectivity index (χ4v) is 4.60. The van der Waals surface area contributed by atoms with Gasteiger partial charge in [0.2, 0.25) is 0 Å². The quantitative estimate of drug-likeness (QED) is 0.415. The zero-order valence-electron chi connectivity index (χ0n) is 17.3. The summed E-state index contributed by atoms with van der Waals surface area (Å²) in [5.74, 6) is 0.314. The minimum atomic E-state index is -0.287. The number of hydrogen-bond donors (Lipinski definition) is 1. The standard InChI is InChI=1S/C24H20FN5OS/c1-29(13-16-12-26-30(14-16)19-5-3-2-4-6-19)15-22-27-20-11-21(32-23(20)24(31)28-22)17-7-9-18(25)10-8-17/h2-12,14H,13,15H2,1H3,(H,27,28,31). The van der Waals surface area contributed by atoms with Crippen molar-refractivity contribution < 1.29 is 4.39 Å². The molecule has 3 heterocycles. The zero-order chi connectivity index (χ0) is 22.1. The molecule has 32 heavy (non-hydrogen) atoms. The molecule has 5 aromatic rings. The van der Waals surface area contributed by atoms with E-state index in [0.29, 0.717) is 29.1 Å². The van der Waals surface area contributed by atoms with E-state index in [9.17, 15) is 9.18 Å². The van der Waals surface area contributed by atoms with Crippen LogP contribution < -0.4 is 5.56 Å². The highest BCUT2D eigenvalue weighted by molar-refractivity contribution is 7.22. The second kappa shape index (κ2) is 8.49. The number of benzene rings is 2. The number of hydrogen-bond acceptors (Lipinski definition) is 5. The third-order valence-corrected chi connectivity index (χ3v) is 6.26. The van der Waals surface area contributed by atoms with E-state index in [1.807, 2.05) is 60.5 Å². The second-order valence-electron chi connectivity index (χ2n) is 7.65. The van der Waals surface area contributed by atoms with Crippen LogP contribution in [0.1, 0.15) is 11.4 Å². The fraction of sp³-hybridized carbons (Fsp3) is 0.125. The van der Waals surface area contributed by atoms with Crippen molar-refractivity contribution in [2.24, 2.45) is 0 Å². The molecule has 1 N–H and O–H groups in total. The summed E-state index contributed by atoms with van der Waals surface area (Å²) >= 11 is 1.36. The molecule has 0 atom stereocenters. The molecular weight excluding hydrogens is 425 g/mol. The van der Waals surface area contributed by atoms with Gasteiger partial charge in [-0.15, -0.1) is 11.3 Å². The largest absolute Gasteiger partial charge is 0.308 e. The maximum Gasteiger partial charge on any atom is 0.268 e. The van der Waals surface area contributed by atoms with Crippen molar-refractivity contribution in [2.75, 3.05) is 7.05 Å². The van der Waals surface area contributed by atoms with Gasteiger partial charge in [-0.1, -0.05) is 30.3 Å². The Morgan fingerprint density at radius 1 is 1.09 bits per heavy atom. The molecule has 3 aromatic heterocycles. The molecule has 0 fully saturated rings. The lowest BCUT2D eigenvalue weighted by Gasteiger charge is -2.14. The summed E-state index contributed by atoms with van der Waals surface area (Å²) in [5.41, 5.74) is 3.43. The lowest BCUT2D eigenvalue weighted by Crippen LogP contribution is -2.21. The third-order valence-electron chi connectivity index (χ3n) is 5.09. The molecule has 0 bridgehead atoms. The number of nitrogens with zero attached hydrogens (tertiary/aromatic N) is 4. The predicted octanol–water partition coefficient (Wildman–Crippen LogP) is 4.61. The van der Waals surface area contributed by atoms with Crippen molar-refractivity contribution in [3.63, 3.8) is 0 Å². The molecule has 0 spiro atoms. The van der Waals surface area contributed by atoms with Gasteiger partial charge in [0.25, 0.3) is 5.56 Å². The van der Waals surface area contributed by atoms with Gasteiger partial charge in [-0.3, -0.25) is 9.69 Å². The molecule has 0 aliphatic carbocycles. The zero-order valence-corrected chi connectivity index (χ0v) is 18.1. The van der Waals surface area contributed by atoms with Crippen molar-refractivity contribution >= 4 is 21.6 Å². The number of nitrogens with one attached hydrogen (secondary N) is 1. The van der Waals surface area contributed by atoms with E-state index in [-0.39, 0.29) is 11.4 Å². The number of fused-ring (bicyclic) bond motifs is 1. The molecule has 0 radical (unpaired) electrons. The Morgan fingerprint density at radius 2 is 1.88 bits per heavy atom. The average molecular weight is 446 g/mol. The maximum atomic E-state index is 13.2. The summed E-state index contributed by atoms with van der Waals surface area (Å²) in [6, 6.07) is 18.1. The molecule has 0 aliphatic heterocycles. The molecule has 0 aliphatic rings. The van der Waals surface area contributed by atoms with E-state index >= 15 is 0 Å². The molecule has 160 valence electrons. The van der Waals surface area contributed by atoms with Crippen LogP contribution in [0.25, 0.3) is 26.3 Å². The SMILES string of the molecule is CN(Cc1cnn(-c2ccccc2)c1)Cc1nc2cc(-c3ccc(F)cc3)sc2c(=O)[nH]1. The number of halogens is 1. The van der Waals surface area contributed by atoms with Gasteiger partial charge in [0.15, 0.2) is 0 Å². The Labute approximate surface area is 187 Å². The van der Waals surface area contributed by atoms with E-state index in [0.717, 1.165) is 21.7 Å². The normalized spacial score (nSPS) is 11.5. The Morgan fingerprint density at radius 3 is 2.66 bits per heavy atom. The van der Waals surface area contributed by atoms with Gasteiger partial charge in [-0.2, -0.15) is 5.10 Å². The highest BCUT2D eigenvalue weighted by Crippen LogP contribution is 2.31. The van der Waals surface area contributed by atoms with Crippen molar-refractivity contribution in [1.29, 1.82) is 0 Å². The monoisotopic (exact) mass is 445 g/mol. The molecule has 5 rings (SSSR count). The van der Waals surface area contributed by atoms with Crippen molar-refractivity contribution in [3.05, 3.63) is 101 Å². The Balaban J connectivity index is 1.33. The van der Waals surface area contributed by atoms with Crippen LogP contribution in [0, 0.1) is 5.82 Å². The Kier molecular flexibility index (Phi) is 5.38. The highest BCUT2D eigenvalue weighted by Gasteiger charge is 2.12. The van der Waals surface area contributed by atoms with Gasteiger partial charge in [0.1, 0.15) is 16.3 Å². The van der Waals surface area contributed by atoms with Crippen LogP contribution in [-0.2, 0) is 13.1 Å². The molecule has 0 amide bonds. The molecule has 8 heteroatoms. The Bertz CT molecular complexity index is 1420. The van der Waals surface area contributed by atoms with E-state index in [2.05, 4.69) is 20.0 Å². The van der Waals surface area contributed by atoms with Gasteiger partial charge in [0, 0.05) is 23.2 Å². The first-order valence-electron chi connectivity index (χ1n) is 10.1. The molecule has 0 saturated carbocycles. The van der Waals surface area contributed by atoms with E-state index in [4.69, 9.17) is 0 Å². The van der Waals surface area contributed by atoms with Crippen molar-refractivity contribution in [2.45, 2.75) is 13.1 Å². The van der Waals surface area contributed by atoms with Gasteiger partial charge in [-0.05, 0) is 42.9 Å². The number of aromatic amines is 1. The first kappa shape index (κ1) is 20.3. The van der Waals surface area contributed by atoms with Gasteiger partial charge in [-0.25, -0.2) is 14.1 Å². The fourth-order valence-electron chi connectivity index (χ4n) is 3.61. The lowest BCUT2D eigenvalue weighted by atomic mass is 10.2. The van der Waals surface area contributed by atoms with Crippen LogP contribution in [0.5, 0.6) is 0 Å². The topological polar surface area (TPSA) is 66.8 Å². The average Bonchev–Trinajstić information content (AvgIpc) is 3.42. The number of aromatic nitrogens is 4. The number of H-pyrrole nitrogens is 1. The molecular formula is C24H20FN5OS. The summed E-state index contributed by atoms with van der Waals surface area (Å²) in [4.78, 5) is 23.1. The number of rotatable bonds is 6. The number of para-hydroxylation sites is 1. The summed E-state index contributed by atoms with van der Waals surface area (Å²) in [6.45, 7) is 1.16. The molecule has 0 unspecified atom stereocenters. The van der Waals surface area contributed by atoms with E-state index in [1.165, 1.54) is 23.5 Å². The first-order valence-corrected chi connectivity index (χ1v) is 10.9. The van der Waals surface area contributed by atoms with Gasteiger partial charge < -0.3 is 4.98 Å². The minimum Gasteiger partial charge on any atom is -0.308 e. The molecule has 0 saturated heterocycles. The van der Waals surface area contributed by atoms with Crippen LogP contribution in [0.2, 0.25) is 0 Å². The van der Waals surface area contributed by atoms with Crippen molar-refractivity contribution in [1.82, 2.24) is 24.6 Å². The minimum absolute atomic E-state index is 0.159. The molecule has 6 nitrogen and oxygen atoms in total. The van der Waals surface area contributed by atoms with Crippen LogP contribution in [-0.4, -0.2) is 31.7 Å². The van der Waals surface area contributed by atoms with Crippen LogP contribution in [0.3, 0.4) is 0 Å². The summed E-state index contributed by atoms with van der Waals surface area (Å²) < 4.78 is 15.6. The van der Waals surface area contributed by atoms with Crippen molar-refractivity contribution in [3.8, 4) is 16.1 Å². The van der Waals surface area contributed by atoms with E-state index < -0.39 is 0 Å². The highest BCUT2D eigenvalue weighted by atomic mass is 32.1. The number of thiophene rings is 1. The first-order chi connectivity index (χ1) is 15.5.